The summed E-state index contributed by atoms with van der Waals surface area (Å²) in [6.45, 7) is 2.62. The van der Waals surface area contributed by atoms with Crippen molar-refractivity contribution in [3.05, 3.63) is 47.7 Å². The fourth-order valence-corrected chi connectivity index (χ4v) is 4.32. The molecular formula is C19H19F2N5. The van der Waals surface area contributed by atoms with E-state index in [-0.39, 0.29) is 11.4 Å². The lowest BCUT2D eigenvalue weighted by Gasteiger charge is -2.34. The largest absolute Gasteiger partial charge is 0.370 e. The van der Waals surface area contributed by atoms with Gasteiger partial charge in [-0.2, -0.15) is 0 Å². The SMILES string of the molecule is Fc1cc(F)c2nccc(N3CCCC(c4nnc5n4CCC5)C3)c2c1. The predicted molar refractivity (Wildman–Crippen MR) is 94.2 cm³/mol. The van der Waals surface area contributed by atoms with Crippen LogP contribution in [-0.4, -0.2) is 32.8 Å². The minimum Gasteiger partial charge on any atom is -0.370 e. The second-order valence-electron chi connectivity index (χ2n) is 7.13. The summed E-state index contributed by atoms with van der Waals surface area (Å²) in [7, 11) is 0. The van der Waals surface area contributed by atoms with Crippen LogP contribution in [0, 0.1) is 11.6 Å². The normalized spacial score (nSPS) is 19.9. The molecule has 0 N–H and O–H groups in total. The molecule has 1 saturated heterocycles. The van der Waals surface area contributed by atoms with Crippen LogP contribution in [0.15, 0.2) is 24.4 Å². The zero-order valence-electron chi connectivity index (χ0n) is 14.3. The van der Waals surface area contributed by atoms with Crippen molar-refractivity contribution < 1.29 is 8.78 Å². The summed E-state index contributed by atoms with van der Waals surface area (Å²) < 4.78 is 30.1. The summed E-state index contributed by atoms with van der Waals surface area (Å²) in [6.07, 6.45) is 5.78. The van der Waals surface area contributed by atoms with Crippen molar-refractivity contribution in [1.29, 1.82) is 0 Å². The van der Waals surface area contributed by atoms with E-state index in [1.54, 1.807) is 6.20 Å². The Morgan fingerprint density at radius 2 is 2.00 bits per heavy atom. The fourth-order valence-electron chi connectivity index (χ4n) is 4.32. The number of anilines is 1. The second-order valence-corrected chi connectivity index (χ2v) is 7.13. The smallest absolute Gasteiger partial charge is 0.152 e. The van der Waals surface area contributed by atoms with Gasteiger partial charge in [-0.25, -0.2) is 8.78 Å². The molecule has 5 nitrogen and oxygen atoms in total. The highest BCUT2D eigenvalue weighted by Crippen LogP contribution is 2.34. The molecule has 5 rings (SSSR count). The summed E-state index contributed by atoms with van der Waals surface area (Å²) >= 11 is 0. The van der Waals surface area contributed by atoms with E-state index in [0.717, 1.165) is 68.7 Å². The molecule has 1 unspecified atom stereocenters. The topological polar surface area (TPSA) is 46.8 Å². The first-order valence-corrected chi connectivity index (χ1v) is 9.11. The fraction of sp³-hybridized carbons (Fsp3) is 0.421. The van der Waals surface area contributed by atoms with Gasteiger partial charge in [-0.05, 0) is 31.4 Å². The van der Waals surface area contributed by atoms with Gasteiger partial charge in [0.25, 0.3) is 0 Å². The molecule has 0 aliphatic carbocycles. The summed E-state index contributed by atoms with van der Waals surface area (Å²) in [6, 6.07) is 4.11. The highest BCUT2D eigenvalue weighted by molar-refractivity contribution is 5.92. The highest BCUT2D eigenvalue weighted by atomic mass is 19.1. The number of rotatable bonds is 2. The van der Waals surface area contributed by atoms with Crippen LogP contribution in [0.5, 0.6) is 0 Å². The van der Waals surface area contributed by atoms with Crippen molar-refractivity contribution in [3.8, 4) is 0 Å². The Morgan fingerprint density at radius 1 is 1.08 bits per heavy atom. The molecule has 2 aromatic heterocycles. The lowest BCUT2D eigenvalue weighted by molar-refractivity contribution is 0.473. The van der Waals surface area contributed by atoms with Crippen molar-refractivity contribution in [2.45, 2.75) is 38.1 Å². The number of hydrogen-bond donors (Lipinski definition) is 0. The van der Waals surface area contributed by atoms with Gasteiger partial charge in [-0.1, -0.05) is 0 Å². The molecule has 0 saturated carbocycles. The average molecular weight is 355 g/mol. The summed E-state index contributed by atoms with van der Waals surface area (Å²) in [5.74, 6) is 1.22. The molecule has 1 aromatic carbocycles. The number of nitrogens with zero attached hydrogens (tertiary/aromatic N) is 5. The van der Waals surface area contributed by atoms with E-state index in [2.05, 4.69) is 24.6 Å². The maximum Gasteiger partial charge on any atom is 0.152 e. The Labute approximate surface area is 149 Å². The molecule has 0 bridgehead atoms. The van der Waals surface area contributed by atoms with Gasteiger partial charge in [0.1, 0.15) is 23.0 Å². The number of piperidine rings is 1. The monoisotopic (exact) mass is 355 g/mol. The van der Waals surface area contributed by atoms with Crippen LogP contribution in [0.2, 0.25) is 0 Å². The zero-order chi connectivity index (χ0) is 17.7. The Bertz CT molecular complexity index is 983. The zero-order valence-corrected chi connectivity index (χ0v) is 14.3. The molecule has 2 aliphatic rings. The van der Waals surface area contributed by atoms with Gasteiger partial charge >= 0.3 is 0 Å². The van der Waals surface area contributed by atoms with Gasteiger partial charge in [0, 0.05) is 55.3 Å². The summed E-state index contributed by atoms with van der Waals surface area (Å²) in [4.78, 5) is 6.30. The van der Waals surface area contributed by atoms with Crippen LogP contribution in [-0.2, 0) is 13.0 Å². The molecule has 1 atom stereocenters. The number of pyridine rings is 1. The van der Waals surface area contributed by atoms with Crippen LogP contribution in [0.4, 0.5) is 14.5 Å². The van der Waals surface area contributed by atoms with Gasteiger partial charge in [0.15, 0.2) is 5.82 Å². The molecular weight excluding hydrogens is 336 g/mol. The lowest BCUT2D eigenvalue weighted by Crippen LogP contribution is -2.35. The molecule has 26 heavy (non-hydrogen) atoms. The third kappa shape index (κ3) is 2.45. The van der Waals surface area contributed by atoms with Crippen molar-refractivity contribution >= 4 is 16.6 Å². The molecule has 0 radical (unpaired) electrons. The van der Waals surface area contributed by atoms with E-state index in [1.165, 1.54) is 6.07 Å². The Kier molecular flexibility index (Phi) is 3.62. The lowest BCUT2D eigenvalue weighted by atomic mass is 9.96. The van der Waals surface area contributed by atoms with Gasteiger partial charge in [-0.3, -0.25) is 4.98 Å². The predicted octanol–water partition coefficient (Wildman–Crippen LogP) is 3.43. The first kappa shape index (κ1) is 15.7. The molecule has 1 fully saturated rings. The number of fused-ring (bicyclic) bond motifs is 2. The molecule has 0 spiro atoms. The van der Waals surface area contributed by atoms with Gasteiger partial charge in [-0.15, -0.1) is 10.2 Å². The Balaban J connectivity index is 1.52. The van der Waals surface area contributed by atoms with E-state index in [1.807, 2.05) is 6.07 Å². The summed E-state index contributed by atoms with van der Waals surface area (Å²) in [5, 5.41) is 9.29. The molecule has 134 valence electrons. The minimum absolute atomic E-state index is 0.217. The number of benzene rings is 1. The van der Waals surface area contributed by atoms with Crippen LogP contribution in [0.1, 0.15) is 36.8 Å². The first-order valence-electron chi connectivity index (χ1n) is 9.11. The van der Waals surface area contributed by atoms with Gasteiger partial charge in [0.2, 0.25) is 0 Å². The van der Waals surface area contributed by atoms with E-state index in [0.29, 0.717) is 5.39 Å². The molecule has 7 heteroatoms. The van der Waals surface area contributed by atoms with Crippen molar-refractivity contribution in [2.75, 3.05) is 18.0 Å². The van der Waals surface area contributed by atoms with Gasteiger partial charge in [0.05, 0.1) is 0 Å². The van der Waals surface area contributed by atoms with E-state index in [4.69, 9.17) is 0 Å². The van der Waals surface area contributed by atoms with Crippen LogP contribution < -0.4 is 4.90 Å². The van der Waals surface area contributed by atoms with Crippen molar-refractivity contribution in [3.63, 3.8) is 0 Å². The molecule has 3 aromatic rings. The number of halogens is 2. The van der Waals surface area contributed by atoms with Crippen LogP contribution in [0.3, 0.4) is 0 Å². The number of aryl methyl sites for hydroxylation is 1. The minimum atomic E-state index is -0.620. The average Bonchev–Trinajstić information content (AvgIpc) is 3.25. The van der Waals surface area contributed by atoms with Crippen LogP contribution >= 0.6 is 0 Å². The third-order valence-electron chi connectivity index (χ3n) is 5.51. The molecule has 4 heterocycles. The van der Waals surface area contributed by atoms with E-state index < -0.39 is 11.6 Å². The van der Waals surface area contributed by atoms with Crippen molar-refractivity contribution in [2.24, 2.45) is 0 Å². The second kappa shape index (κ2) is 6.00. The Hall–Kier alpha value is -2.57. The Morgan fingerprint density at radius 3 is 2.92 bits per heavy atom. The number of aromatic nitrogens is 4. The highest BCUT2D eigenvalue weighted by Gasteiger charge is 2.29. The van der Waals surface area contributed by atoms with Crippen molar-refractivity contribution in [1.82, 2.24) is 19.7 Å². The maximum atomic E-state index is 14.1. The summed E-state index contributed by atoms with van der Waals surface area (Å²) in [5.41, 5.74) is 1.05. The number of hydrogen-bond acceptors (Lipinski definition) is 4. The maximum absolute atomic E-state index is 14.1. The first-order chi connectivity index (χ1) is 12.7. The van der Waals surface area contributed by atoms with E-state index >= 15 is 0 Å². The third-order valence-corrected chi connectivity index (χ3v) is 5.51. The quantitative estimate of drug-likeness (QED) is 0.707. The standard InChI is InChI=1S/C19H19F2N5/c20-13-9-14-16(5-6-22-18(14)15(21)10-13)25-7-1-3-12(11-25)19-24-23-17-4-2-8-26(17)19/h5-6,9-10,12H,1-4,7-8,11H2. The molecule has 0 amide bonds. The van der Waals surface area contributed by atoms with Gasteiger partial charge < -0.3 is 9.47 Å². The van der Waals surface area contributed by atoms with Crippen LogP contribution in [0.25, 0.3) is 10.9 Å². The molecule has 2 aliphatic heterocycles. The van der Waals surface area contributed by atoms with E-state index in [9.17, 15) is 8.78 Å².